The molecular weight excluding hydrogens is 452 g/mol. The van der Waals surface area contributed by atoms with Crippen molar-refractivity contribution in [2.45, 2.75) is 18.8 Å². The molecule has 3 aromatic heterocycles. The van der Waals surface area contributed by atoms with Crippen molar-refractivity contribution in [1.82, 2.24) is 19.9 Å². The zero-order valence-corrected chi connectivity index (χ0v) is 19.6. The average molecular weight is 479 g/mol. The quantitative estimate of drug-likeness (QED) is 0.515. The first-order chi connectivity index (χ1) is 16.3. The lowest BCUT2D eigenvalue weighted by Crippen LogP contribution is -2.38. The van der Waals surface area contributed by atoms with E-state index in [2.05, 4.69) is 38.4 Å². The second-order valence-electron chi connectivity index (χ2n) is 8.32. The maximum Gasteiger partial charge on any atom is 0.138 e. The smallest absolute Gasteiger partial charge is 0.138 e. The van der Waals surface area contributed by atoms with Crippen LogP contribution in [0.1, 0.15) is 29.9 Å². The van der Waals surface area contributed by atoms with Gasteiger partial charge < -0.3 is 14.8 Å². The summed E-state index contributed by atoms with van der Waals surface area (Å²) in [7, 11) is 0. The first-order valence-corrected chi connectivity index (χ1v) is 11.3. The van der Waals surface area contributed by atoms with Gasteiger partial charge in [-0.15, -0.1) is 12.4 Å². The van der Waals surface area contributed by atoms with Crippen LogP contribution in [-0.4, -0.2) is 59.3 Å². The lowest BCUT2D eigenvalue weighted by atomic mass is 10.1. The summed E-state index contributed by atoms with van der Waals surface area (Å²) in [6.07, 6.45) is 7.55. The number of aromatic nitrogens is 3. The fraction of sp³-hybridized carbons (Fsp3) is 0.360. The van der Waals surface area contributed by atoms with Crippen LogP contribution in [0.4, 0.5) is 11.6 Å². The summed E-state index contributed by atoms with van der Waals surface area (Å²) in [5.74, 6) is 2.60. The highest BCUT2D eigenvalue weighted by Crippen LogP contribution is 2.42. The van der Waals surface area contributed by atoms with E-state index in [1.165, 1.54) is 18.4 Å². The third kappa shape index (κ3) is 6.20. The molecule has 0 atom stereocenters. The Bertz CT molecular complexity index is 1160. The number of hydrogen-bond acceptors (Lipinski definition) is 8. The molecule has 0 bridgehead atoms. The van der Waals surface area contributed by atoms with Crippen LogP contribution in [0.2, 0.25) is 0 Å². The fourth-order valence-corrected chi connectivity index (χ4v) is 3.87. The lowest BCUT2D eigenvalue weighted by molar-refractivity contribution is 0.0322. The maximum atomic E-state index is 9.16. The Hall–Kier alpha value is -3.25. The second kappa shape index (κ2) is 11.3. The van der Waals surface area contributed by atoms with Crippen LogP contribution in [0.5, 0.6) is 5.75 Å². The molecule has 0 amide bonds. The number of nitrogens with one attached hydrogen (secondary N) is 1. The summed E-state index contributed by atoms with van der Waals surface area (Å²) in [6, 6.07) is 11.7. The molecule has 0 unspecified atom stereocenters. The lowest BCUT2D eigenvalue weighted by Gasteiger charge is -2.26. The first-order valence-electron chi connectivity index (χ1n) is 11.3. The van der Waals surface area contributed by atoms with Crippen LogP contribution in [0.3, 0.4) is 0 Å². The van der Waals surface area contributed by atoms with Gasteiger partial charge in [-0.2, -0.15) is 5.26 Å². The molecule has 0 aromatic carbocycles. The van der Waals surface area contributed by atoms with Gasteiger partial charge in [-0.1, -0.05) is 0 Å². The molecule has 1 saturated carbocycles. The zero-order valence-electron chi connectivity index (χ0n) is 18.8. The summed E-state index contributed by atoms with van der Waals surface area (Å²) in [4.78, 5) is 15.9. The van der Waals surface area contributed by atoms with Crippen molar-refractivity contribution in [3.63, 3.8) is 0 Å². The van der Waals surface area contributed by atoms with Crippen LogP contribution in [0.25, 0.3) is 11.3 Å². The minimum absolute atomic E-state index is 0. The van der Waals surface area contributed by atoms with Crippen LogP contribution in [-0.2, 0) is 4.74 Å². The Morgan fingerprint density at radius 1 is 1.12 bits per heavy atom. The van der Waals surface area contributed by atoms with E-state index in [-0.39, 0.29) is 12.4 Å². The van der Waals surface area contributed by atoms with Crippen molar-refractivity contribution in [1.29, 1.82) is 5.26 Å². The van der Waals surface area contributed by atoms with E-state index in [1.54, 1.807) is 24.5 Å². The number of halogens is 1. The van der Waals surface area contributed by atoms with Crippen LogP contribution < -0.4 is 10.1 Å². The molecule has 1 saturated heterocycles. The number of anilines is 2. The van der Waals surface area contributed by atoms with Gasteiger partial charge in [0, 0.05) is 37.6 Å². The number of morpholine rings is 1. The summed E-state index contributed by atoms with van der Waals surface area (Å²) in [5.41, 5.74) is 3.54. The number of pyridine rings is 3. The number of ether oxygens (including phenoxy) is 2. The highest BCUT2D eigenvalue weighted by molar-refractivity contribution is 5.85. The summed E-state index contributed by atoms with van der Waals surface area (Å²) < 4.78 is 11.4. The van der Waals surface area contributed by atoms with E-state index < -0.39 is 0 Å². The fourth-order valence-electron chi connectivity index (χ4n) is 3.87. The van der Waals surface area contributed by atoms with E-state index in [0.29, 0.717) is 29.7 Å². The summed E-state index contributed by atoms with van der Waals surface area (Å²) in [6.45, 7) is 4.93. The Balaban J connectivity index is 0.00000274. The van der Waals surface area contributed by atoms with Crippen LogP contribution in [0.15, 0.2) is 48.9 Å². The minimum Gasteiger partial charge on any atom is -0.491 e. The van der Waals surface area contributed by atoms with Crippen molar-refractivity contribution < 1.29 is 9.47 Å². The molecule has 176 valence electrons. The predicted molar refractivity (Wildman–Crippen MR) is 132 cm³/mol. The topological polar surface area (TPSA) is 96.2 Å². The molecule has 1 aliphatic heterocycles. The third-order valence-corrected chi connectivity index (χ3v) is 5.83. The van der Waals surface area contributed by atoms with Gasteiger partial charge in [-0.05, 0) is 54.7 Å². The van der Waals surface area contributed by atoms with Gasteiger partial charge in [-0.25, -0.2) is 9.97 Å². The van der Waals surface area contributed by atoms with Gasteiger partial charge in [0.1, 0.15) is 24.0 Å². The molecule has 1 N–H and O–H groups in total. The highest BCUT2D eigenvalue weighted by atomic mass is 35.5. The van der Waals surface area contributed by atoms with E-state index >= 15 is 0 Å². The predicted octanol–water partition coefficient (Wildman–Crippen LogP) is 4.16. The Morgan fingerprint density at radius 3 is 2.76 bits per heavy atom. The molecule has 3 aromatic rings. The van der Waals surface area contributed by atoms with E-state index in [9.17, 15) is 0 Å². The monoisotopic (exact) mass is 478 g/mol. The molecule has 2 fully saturated rings. The average Bonchev–Trinajstić information content (AvgIpc) is 3.71. The van der Waals surface area contributed by atoms with Gasteiger partial charge in [-0.3, -0.25) is 9.88 Å². The Morgan fingerprint density at radius 2 is 1.97 bits per heavy atom. The molecule has 4 heterocycles. The Labute approximate surface area is 205 Å². The molecule has 8 nitrogen and oxygen atoms in total. The number of rotatable bonds is 8. The molecule has 0 spiro atoms. The van der Waals surface area contributed by atoms with Gasteiger partial charge in [0.05, 0.1) is 36.7 Å². The van der Waals surface area contributed by atoms with Gasteiger partial charge in [0.2, 0.25) is 0 Å². The van der Waals surface area contributed by atoms with Crippen molar-refractivity contribution in [2.75, 3.05) is 44.8 Å². The molecule has 2 aliphatic rings. The van der Waals surface area contributed by atoms with Crippen molar-refractivity contribution in [2.24, 2.45) is 0 Å². The largest absolute Gasteiger partial charge is 0.491 e. The van der Waals surface area contributed by atoms with Crippen molar-refractivity contribution in [3.8, 4) is 23.1 Å². The third-order valence-electron chi connectivity index (χ3n) is 5.83. The number of nitriles is 1. The number of nitrogens with zero attached hydrogens (tertiary/aromatic N) is 5. The van der Waals surface area contributed by atoms with Crippen molar-refractivity contribution in [3.05, 3.63) is 60.0 Å². The molecular formula is C25H27ClN6O2. The highest BCUT2D eigenvalue weighted by Gasteiger charge is 2.25. The van der Waals surface area contributed by atoms with Gasteiger partial charge in [0.15, 0.2) is 0 Å². The van der Waals surface area contributed by atoms with Gasteiger partial charge in [0.25, 0.3) is 0 Å². The molecule has 9 heteroatoms. The summed E-state index contributed by atoms with van der Waals surface area (Å²) >= 11 is 0. The zero-order chi connectivity index (χ0) is 22.5. The summed E-state index contributed by atoms with van der Waals surface area (Å²) in [5, 5.41) is 12.4. The maximum absolute atomic E-state index is 9.16. The Kier molecular flexibility index (Phi) is 7.91. The van der Waals surface area contributed by atoms with Crippen LogP contribution >= 0.6 is 12.4 Å². The standard InChI is InChI=1S/C25H26N6O2.ClH/c26-15-18-3-4-28-24(11-18)30-25-14-20(19-1-2-19)13-23(29-25)21-12-22(17-27-16-21)33-10-7-31-5-8-32-9-6-31;/h3-4,11-14,16-17,19H,1-2,5-10H2,(H,28,29,30);1H. The molecule has 34 heavy (non-hydrogen) atoms. The molecule has 0 radical (unpaired) electrons. The second-order valence-corrected chi connectivity index (χ2v) is 8.32. The molecule has 5 rings (SSSR count). The SMILES string of the molecule is Cl.N#Cc1ccnc(Nc2cc(C3CC3)cc(-c3cncc(OCCN4CCOCC4)c3)n2)c1. The van der Waals surface area contributed by atoms with Gasteiger partial charge >= 0.3 is 0 Å². The normalized spacial score (nSPS) is 15.7. The van der Waals surface area contributed by atoms with Crippen molar-refractivity contribution >= 4 is 24.0 Å². The van der Waals surface area contributed by atoms with E-state index in [0.717, 1.165) is 49.9 Å². The molecule has 1 aliphatic carbocycles. The van der Waals surface area contributed by atoms with E-state index in [1.807, 2.05) is 12.3 Å². The van der Waals surface area contributed by atoms with E-state index in [4.69, 9.17) is 19.7 Å². The first kappa shape index (κ1) is 23.9. The van der Waals surface area contributed by atoms with Crippen LogP contribution in [0, 0.1) is 11.3 Å². The minimum atomic E-state index is 0. The number of hydrogen-bond donors (Lipinski definition) is 1.